The van der Waals surface area contributed by atoms with E-state index in [-0.39, 0.29) is 12.6 Å². The fraction of sp³-hybridized carbons (Fsp3) is 0.333. The summed E-state index contributed by atoms with van der Waals surface area (Å²) in [7, 11) is 0. The molecule has 0 aliphatic heterocycles. The van der Waals surface area contributed by atoms with Gasteiger partial charge in [0.1, 0.15) is 5.01 Å². The molecule has 22 heavy (non-hydrogen) atoms. The van der Waals surface area contributed by atoms with Crippen molar-refractivity contribution in [3.63, 3.8) is 0 Å². The van der Waals surface area contributed by atoms with Gasteiger partial charge in [0.05, 0.1) is 23.8 Å². The molecule has 1 N–H and O–H groups in total. The fourth-order valence-corrected chi connectivity index (χ4v) is 3.17. The number of hydrogen-bond acceptors (Lipinski definition) is 4. The van der Waals surface area contributed by atoms with Gasteiger partial charge in [-0.25, -0.2) is 4.98 Å². The second-order valence-electron chi connectivity index (χ2n) is 5.14. The predicted molar refractivity (Wildman–Crippen MR) is 90.8 cm³/mol. The smallest absolute Gasteiger partial charge is 0.317 e. The summed E-state index contributed by atoms with van der Waals surface area (Å²) in [6.45, 7) is 4.41. The van der Waals surface area contributed by atoms with Gasteiger partial charge in [0.15, 0.2) is 0 Å². The van der Waals surface area contributed by atoms with Crippen LogP contribution in [0.15, 0.2) is 23.6 Å². The van der Waals surface area contributed by atoms with E-state index in [1.807, 2.05) is 24.1 Å². The molecule has 2 rings (SSSR count). The van der Waals surface area contributed by atoms with Crippen molar-refractivity contribution < 1.29 is 9.90 Å². The lowest BCUT2D eigenvalue weighted by Gasteiger charge is -2.23. The molecule has 0 saturated heterocycles. The van der Waals surface area contributed by atoms with Crippen LogP contribution in [0.4, 0.5) is 0 Å². The maximum Gasteiger partial charge on any atom is 0.317 e. The number of aromatic nitrogens is 1. The Labute approximate surface area is 143 Å². The molecule has 0 unspecified atom stereocenters. The number of carboxylic acids is 1. The topological polar surface area (TPSA) is 53.4 Å². The molecule has 0 amide bonds. The Hall–Kier alpha value is -1.14. The molecule has 1 aromatic carbocycles. The lowest BCUT2D eigenvalue weighted by Crippen LogP contribution is -2.35. The van der Waals surface area contributed by atoms with Gasteiger partial charge < -0.3 is 5.11 Å². The molecule has 118 valence electrons. The van der Waals surface area contributed by atoms with Crippen molar-refractivity contribution in [2.24, 2.45) is 0 Å². The fourth-order valence-electron chi connectivity index (χ4n) is 1.97. The Morgan fingerprint density at radius 3 is 2.77 bits per heavy atom. The Kier molecular flexibility index (Phi) is 5.81. The standard InChI is InChI=1S/C15H16Cl2N2O2S/c1-9(2)19(7-15(20)21)6-14-18-13(8-22-14)11-5-10(16)3-4-12(11)17/h3-5,8-9H,6-7H2,1-2H3,(H,20,21). The molecule has 2 aromatic rings. The summed E-state index contributed by atoms with van der Waals surface area (Å²) in [5.74, 6) is -0.844. The van der Waals surface area contributed by atoms with E-state index in [0.29, 0.717) is 16.6 Å². The third kappa shape index (κ3) is 4.43. The van der Waals surface area contributed by atoms with Crippen LogP contribution in [-0.4, -0.2) is 33.5 Å². The van der Waals surface area contributed by atoms with Crippen LogP contribution in [0.1, 0.15) is 18.9 Å². The van der Waals surface area contributed by atoms with Crippen LogP contribution in [0.25, 0.3) is 11.3 Å². The average molecular weight is 359 g/mol. The minimum atomic E-state index is -0.844. The summed E-state index contributed by atoms with van der Waals surface area (Å²) in [4.78, 5) is 17.3. The third-order valence-corrected chi connectivity index (χ3v) is 4.56. The first-order valence-electron chi connectivity index (χ1n) is 6.72. The first kappa shape index (κ1) is 17.2. The van der Waals surface area contributed by atoms with Crippen molar-refractivity contribution in [3.05, 3.63) is 38.6 Å². The molecular formula is C15H16Cl2N2O2S. The Morgan fingerprint density at radius 2 is 2.14 bits per heavy atom. The van der Waals surface area contributed by atoms with Gasteiger partial charge >= 0.3 is 5.97 Å². The number of carboxylic acid groups (broad SMARTS) is 1. The Balaban J connectivity index is 2.20. The molecule has 0 fully saturated rings. The molecule has 0 radical (unpaired) electrons. The molecule has 1 heterocycles. The highest BCUT2D eigenvalue weighted by atomic mass is 35.5. The summed E-state index contributed by atoms with van der Waals surface area (Å²) in [6, 6.07) is 5.37. The monoisotopic (exact) mass is 358 g/mol. The number of aliphatic carboxylic acids is 1. The lowest BCUT2D eigenvalue weighted by molar-refractivity contribution is -0.138. The summed E-state index contributed by atoms with van der Waals surface area (Å²) >= 11 is 13.7. The number of benzene rings is 1. The second-order valence-corrected chi connectivity index (χ2v) is 6.93. The van der Waals surface area contributed by atoms with Crippen LogP contribution in [0.5, 0.6) is 0 Å². The second kappa shape index (κ2) is 7.42. The van der Waals surface area contributed by atoms with Crippen molar-refractivity contribution in [2.45, 2.75) is 26.4 Å². The molecule has 0 bridgehead atoms. The van der Waals surface area contributed by atoms with Crippen molar-refractivity contribution in [3.8, 4) is 11.3 Å². The van der Waals surface area contributed by atoms with E-state index in [1.54, 1.807) is 18.2 Å². The van der Waals surface area contributed by atoms with Gasteiger partial charge in [0.2, 0.25) is 0 Å². The number of hydrogen-bond donors (Lipinski definition) is 1. The van der Waals surface area contributed by atoms with E-state index >= 15 is 0 Å². The predicted octanol–water partition coefficient (Wildman–Crippen LogP) is 4.41. The number of rotatable bonds is 6. The molecule has 4 nitrogen and oxygen atoms in total. The first-order chi connectivity index (χ1) is 10.4. The van der Waals surface area contributed by atoms with Crippen LogP contribution in [0.2, 0.25) is 10.0 Å². The van der Waals surface area contributed by atoms with E-state index in [2.05, 4.69) is 4.98 Å². The molecular weight excluding hydrogens is 343 g/mol. The first-order valence-corrected chi connectivity index (χ1v) is 8.36. The van der Waals surface area contributed by atoms with Gasteiger partial charge in [0, 0.05) is 22.0 Å². The van der Waals surface area contributed by atoms with Crippen molar-refractivity contribution in [2.75, 3.05) is 6.54 Å². The van der Waals surface area contributed by atoms with Crippen LogP contribution < -0.4 is 0 Å². The van der Waals surface area contributed by atoms with Gasteiger partial charge in [-0.3, -0.25) is 9.69 Å². The molecule has 1 aromatic heterocycles. The summed E-state index contributed by atoms with van der Waals surface area (Å²) < 4.78 is 0. The zero-order chi connectivity index (χ0) is 16.3. The average Bonchev–Trinajstić information content (AvgIpc) is 2.88. The zero-order valence-electron chi connectivity index (χ0n) is 12.2. The van der Waals surface area contributed by atoms with E-state index in [0.717, 1.165) is 16.3 Å². The van der Waals surface area contributed by atoms with E-state index in [1.165, 1.54) is 11.3 Å². The maximum atomic E-state index is 10.9. The van der Waals surface area contributed by atoms with Crippen LogP contribution >= 0.6 is 34.5 Å². The quantitative estimate of drug-likeness (QED) is 0.830. The number of halogens is 2. The van der Waals surface area contributed by atoms with E-state index in [9.17, 15) is 4.79 Å². The summed E-state index contributed by atoms with van der Waals surface area (Å²) in [6.07, 6.45) is 0. The van der Waals surface area contributed by atoms with Crippen LogP contribution in [0.3, 0.4) is 0 Å². The van der Waals surface area contributed by atoms with Gasteiger partial charge in [-0.05, 0) is 32.0 Å². The molecule has 0 atom stereocenters. The minimum Gasteiger partial charge on any atom is -0.480 e. The van der Waals surface area contributed by atoms with Crippen LogP contribution in [-0.2, 0) is 11.3 Å². The van der Waals surface area contributed by atoms with Gasteiger partial charge in [-0.1, -0.05) is 23.2 Å². The number of thiazole rings is 1. The van der Waals surface area contributed by atoms with Gasteiger partial charge in [-0.2, -0.15) is 0 Å². The Morgan fingerprint density at radius 1 is 1.41 bits per heavy atom. The summed E-state index contributed by atoms with van der Waals surface area (Å²) in [5.41, 5.74) is 1.54. The summed E-state index contributed by atoms with van der Waals surface area (Å²) in [5, 5.41) is 12.9. The SMILES string of the molecule is CC(C)N(CC(=O)O)Cc1nc(-c2cc(Cl)ccc2Cl)cs1. The molecule has 7 heteroatoms. The number of nitrogens with zero attached hydrogens (tertiary/aromatic N) is 2. The van der Waals surface area contributed by atoms with E-state index < -0.39 is 5.97 Å². The van der Waals surface area contributed by atoms with Gasteiger partial charge in [0.25, 0.3) is 0 Å². The lowest BCUT2D eigenvalue weighted by atomic mass is 10.2. The maximum absolute atomic E-state index is 10.9. The zero-order valence-corrected chi connectivity index (χ0v) is 14.5. The molecule has 0 aliphatic rings. The van der Waals surface area contributed by atoms with E-state index in [4.69, 9.17) is 28.3 Å². The number of carbonyl (C=O) groups is 1. The molecule has 0 saturated carbocycles. The van der Waals surface area contributed by atoms with Crippen molar-refractivity contribution in [1.29, 1.82) is 0 Å². The normalized spacial score (nSPS) is 11.4. The molecule has 0 spiro atoms. The van der Waals surface area contributed by atoms with Crippen molar-refractivity contribution in [1.82, 2.24) is 9.88 Å². The molecule has 0 aliphatic carbocycles. The largest absolute Gasteiger partial charge is 0.480 e. The highest BCUT2D eigenvalue weighted by Crippen LogP contribution is 2.31. The third-order valence-electron chi connectivity index (χ3n) is 3.16. The Bertz CT molecular complexity index is 673. The van der Waals surface area contributed by atoms with Crippen molar-refractivity contribution >= 4 is 40.5 Å². The highest BCUT2D eigenvalue weighted by Gasteiger charge is 2.16. The van der Waals surface area contributed by atoms with Gasteiger partial charge in [-0.15, -0.1) is 11.3 Å². The van der Waals surface area contributed by atoms with Crippen LogP contribution in [0, 0.1) is 0 Å². The highest BCUT2D eigenvalue weighted by molar-refractivity contribution is 7.09. The minimum absolute atomic E-state index is 0.00942.